The molecule has 0 aliphatic carbocycles. The fourth-order valence-corrected chi connectivity index (χ4v) is 1.61. The average Bonchev–Trinajstić information content (AvgIpc) is 2.78. The largest absolute Gasteiger partial charge is 0.497 e. The maximum Gasteiger partial charge on any atom is 0.130 e. The molecule has 1 heterocycles. The summed E-state index contributed by atoms with van der Waals surface area (Å²) in [7, 11) is 1.60. The molecular weight excluding hydrogens is 214 g/mol. The summed E-state index contributed by atoms with van der Waals surface area (Å²) >= 11 is 0. The number of nitrogens with one attached hydrogen (secondary N) is 1. The van der Waals surface area contributed by atoms with Crippen LogP contribution in [0.25, 0.3) is 17.0 Å². The van der Waals surface area contributed by atoms with Crippen molar-refractivity contribution < 1.29 is 4.74 Å². The second-order valence-corrected chi connectivity index (χ2v) is 3.44. The standard InChI is InChI=1S/C13H9N3O/c1-17-11-2-3-13-12(5-11)10(8-16-13)4-9(6-14)7-15/h2-5,8,16H,1H3. The van der Waals surface area contributed by atoms with Gasteiger partial charge in [-0.3, -0.25) is 0 Å². The third kappa shape index (κ3) is 1.97. The van der Waals surface area contributed by atoms with Crippen LogP contribution in [0.4, 0.5) is 0 Å². The fourth-order valence-electron chi connectivity index (χ4n) is 1.61. The summed E-state index contributed by atoms with van der Waals surface area (Å²) in [5, 5.41) is 18.4. The molecule has 2 rings (SSSR count). The molecule has 1 N–H and O–H groups in total. The van der Waals surface area contributed by atoms with E-state index in [0.717, 1.165) is 22.2 Å². The van der Waals surface area contributed by atoms with Crippen molar-refractivity contribution in [2.45, 2.75) is 0 Å². The molecule has 0 spiro atoms. The first-order chi connectivity index (χ1) is 8.28. The molecule has 82 valence electrons. The van der Waals surface area contributed by atoms with Crippen LogP contribution in [0.3, 0.4) is 0 Å². The SMILES string of the molecule is COc1ccc2[nH]cc(C=C(C#N)C#N)c2c1. The Hall–Kier alpha value is -2.72. The minimum atomic E-state index is 0.0775. The van der Waals surface area contributed by atoms with Gasteiger partial charge in [0.25, 0.3) is 0 Å². The maximum atomic E-state index is 8.72. The molecule has 1 aromatic heterocycles. The number of fused-ring (bicyclic) bond motifs is 1. The first-order valence-electron chi connectivity index (χ1n) is 4.95. The number of nitriles is 2. The number of aromatic amines is 1. The number of ether oxygens (including phenoxy) is 1. The lowest BCUT2D eigenvalue weighted by atomic mass is 10.1. The lowest BCUT2D eigenvalue weighted by molar-refractivity contribution is 0.415. The Morgan fingerprint density at radius 1 is 1.35 bits per heavy atom. The normalized spacial score (nSPS) is 9.35. The Balaban J connectivity index is 2.60. The summed E-state index contributed by atoms with van der Waals surface area (Å²) in [6.45, 7) is 0. The Kier molecular flexibility index (Phi) is 2.81. The van der Waals surface area contributed by atoms with Crippen molar-refractivity contribution in [2.24, 2.45) is 0 Å². The number of nitrogens with zero attached hydrogens (tertiary/aromatic N) is 2. The lowest BCUT2D eigenvalue weighted by Crippen LogP contribution is -1.81. The van der Waals surface area contributed by atoms with Crippen LogP contribution in [0.15, 0.2) is 30.0 Å². The van der Waals surface area contributed by atoms with Gasteiger partial charge >= 0.3 is 0 Å². The second-order valence-electron chi connectivity index (χ2n) is 3.44. The Morgan fingerprint density at radius 3 is 2.76 bits per heavy atom. The van der Waals surface area contributed by atoms with Gasteiger partial charge in [-0.25, -0.2) is 0 Å². The van der Waals surface area contributed by atoms with Gasteiger partial charge < -0.3 is 9.72 Å². The van der Waals surface area contributed by atoms with E-state index in [4.69, 9.17) is 15.3 Å². The third-order valence-corrected chi connectivity index (χ3v) is 2.46. The molecule has 0 saturated carbocycles. The van der Waals surface area contributed by atoms with Gasteiger partial charge in [0.1, 0.15) is 23.5 Å². The Morgan fingerprint density at radius 2 is 2.12 bits per heavy atom. The molecule has 0 saturated heterocycles. The predicted octanol–water partition coefficient (Wildman–Crippen LogP) is 2.61. The molecule has 0 fully saturated rings. The quantitative estimate of drug-likeness (QED) is 0.795. The number of rotatable bonds is 2. The van der Waals surface area contributed by atoms with E-state index in [-0.39, 0.29) is 5.57 Å². The summed E-state index contributed by atoms with van der Waals surface area (Å²) in [4.78, 5) is 3.07. The highest BCUT2D eigenvalue weighted by Gasteiger charge is 2.04. The van der Waals surface area contributed by atoms with Crippen LogP contribution in [0.2, 0.25) is 0 Å². The van der Waals surface area contributed by atoms with Gasteiger partial charge in [-0.05, 0) is 24.3 Å². The zero-order valence-corrected chi connectivity index (χ0v) is 9.19. The summed E-state index contributed by atoms with van der Waals surface area (Å²) in [6, 6.07) is 9.28. The average molecular weight is 223 g/mol. The van der Waals surface area contributed by atoms with E-state index in [9.17, 15) is 0 Å². The van der Waals surface area contributed by atoms with Crippen molar-refractivity contribution >= 4 is 17.0 Å². The van der Waals surface area contributed by atoms with Crippen LogP contribution in [0.1, 0.15) is 5.56 Å². The number of benzene rings is 1. The van der Waals surface area contributed by atoms with Crippen molar-refractivity contribution in [3.63, 3.8) is 0 Å². The zero-order chi connectivity index (χ0) is 12.3. The van der Waals surface area contributed by atoms with Crippen LogP contribution >= 0.6 is 0 Å². The molecular formula is C13H9N3O. The summed E-state index contributed by atoms with van der Waals surface area (Å²) < 4.78 is 5.14. The van der Waals surface area contributed by atoms with E-state index in [2.05, 4.69) is 4.98 Å². The molecule has 0 amide bonds. The highest BCUT2D eigenvalue weighted by Crippen LogP contribution is 2.25. The van der Waals surface area contributed by atoms with E-state index in [0.29, 0.717) is 0 Å². The van der Waals surface area contributed by atoms with E-state index in [1.165, 1.54) is 0 Å². The smallest absolute Gasteiger partial charge is 0.130 e. The van der Waals surface area contributed by atoms with Gasteiger partial charge in [0.2, 0.25) is 0 Å². The Bertz CT molecular complexity index is 652. The van der Waals surface area contributed by atoms with Gasteiger partial charge in [0.05, 0.1) is 7.11 Å². The second kappa shape index (κ2) is 4.42. The Labute approximate surface area is 98.4 Å². The van der Waals surface area contributed by atoms with Crippen LogP contribution in [0, 0.1) is 22.7 Å². The molecule has 4 nitrogen and oxygen atoms in total. The molecule has 0 unspecified atom stereocenters. The van der Waals surface area contributed by atoms with Crippen LogP contribution in [-0.2, 0) is 0 Å². The number of methoxy groups -OCH3 is 1. The lowest BCUT2D eigenvalue weighted by Gasteiger charge is -1.99. The number of H-pyrrole nitrogens is 1. The number of allylic oxidation sites excluding steroid dienone is 1. The molecule has 4 heteroatoms. The monoisotopic (exact) mass is 223 g/mol. The van der Waals surface area contributed by atoms with Crippen LogP contribution in [-0.4, -0.2) is 12.1 Å². The number of aromatic nitrogens is 1. The van der Waals surface area contributed by atoms with E-state index in [1.54, 1.807) is 19.4 Å². The minimum Gasteiger partial charge on any atom is -0.497 e. The van der Waals surface area contributed by atoms with Crippen LogP contribution < -0.4 is 4.74 Å². The molecule has 0 radical (unpaired) electrons. The van der Waals surface area contributed by atoms with Gasteiger partial charge in [-0.2, -0.15) is 10.5 Å². The highest BCUT2D eigenvalue weighted by atomic mass is 16.5. The molecule has 17 heavy (non-hydrogen) atoms. The summed E-state index contributed by atoms with van der Waals surface area (Å²) in [5.74, 6) is 0.738. The molecule has 1 aromatic carbocycles. The van der Waals surface area contributed by atoms with Crippen LogP contribution in [0.5, 0.6) is 5.75 Å². The van der Waals surface area contributed by atoms with Gasteiger partial charge in [0, 0.05) is 22.7 Å². The van der Waals surface area contributed by atoms with Crippen molar-refractivity contribution in [1.82, 2.24) is 4.98 Å². The molecule has 2 aromatic rings. The van der Waals surface area contributed by atoms with Crippen molar-refractivity contribution in [3.05, 3.63) is 35.5 Å². The van der Waals surface area contributed by atoms with Crippen molar-refractivity contribution in [1.29, 1.82) is 10.5 Å². The summed E-state index contributed by atoms with van der Waals surface area (Å²) in [6.07, 6.45) is 3.32. The summed E-state index contributed by atoms with van der Waals surface area (Å²) in [5.41, 5.74) is 1.82. The zero-order valence-electron chi connectivity index (χ0n) is 9.19. The highest BCUT2D eigenvalue weighted by molar-refractivity contribution is 5.91. The fraction of sp³-hybridized carbons (Fsp3) is 0.0769. The molecule has 0 bridgehead atoms. The number of hydrogen-bond donors (Lipinski definition) is 1. The molecule has 0 aliphatic rings. The van der Waals surface area contributed by atoms with Crippen molar-refractivity contribution in [2.75, 3.05) is 7.11 Å². The first kappa shape index (κ1) is 10.8. The van der Waals surface area contributed by atoms with E-state index >= 15 is 0 Å². The van der Waals surface area contributed by atoms with Gasteiger partial charge in [-0.1, -0.05) is 0 Å². The predicted molar refractivity (Wildman–Crippen MR) is 64.1 cm³/mol. The van der Waals surface area contributed by atoms with E-state index < -0.39 is 0 Å². The first-order valence-corrected chi connectivity index (χ1v) is 4.95. The van der Waals surface area contributed by atoms with Gasteiger partial charge in [-0.15, -0.1) is 0 Å². The van der Waals surface area contributed by atoms with Gasteiger partial charge in [0.15, 0.2) is 0 Å². The van der Waals surface area contributed by atoms with E-state index in [1.807, 2.05) is 30.3 Å². The third-order valence-electron chi connectivity index (χ3n) is 2.46. The maximum absolute atomic E-state index is 8.72. The number of hydrogen-bond acceptors (Lipinski definition) is 3. The minimum absolute atomic E-state index is 0.0775. The molecule has 0 atom stereocenters. The molecule has 0 aliphatic heterocycles. The van der Waals surface area contributed by atoms with Crippen molar-refractivity contribution in [3.8, 4) is 17.9 Å². The topological polar surface area (TPSA) is 72.6 Å².